The summed E-state index contributed by atoms with van der Waals surface area (Å²) in [4.78, 5) is 0. The summed E-state index contributed by atoms with van der Waals surface area (Å²) in [5, 5.41) is 42.4. The summed E-state index contributed by atoms with van der Waals surface area (Å²) >= 11 is 0. The van der Waals surface area contributed by atoms with Crippen molar-refractivity contribution in [3.63, 3.8) is 0 Å². The van der Waals surface area contributed by atoms with Crippen molar-refractivity contribution >= 4 is 16.6 Å². The van der Waals surface area contributed by atoms with Crippen LogP contribution in [0.25, 0.3) is 10.9 Å². The van der Waals surface area contributed by atoms with Gasteiger partial charge in [-0.1, -0.05) is 6.07 Å². The van der Waals surface area contributed by atoms with Crippen LogP contribution in [-0.2, 0) is 0 Å². The molecule has 2 heterocycles. The number of aliphatic hydroxyl groups excluding tert-OH is 2. The first kappa shape index (κ1) is 17.0. The number of aliphatic hydroxyl groups is 2. The molecule has 0 spiro atoms. The minimum atomic E-state index is -0.772. The van der Waals surface area contributed by atoms with Gasteiger partial charge in [0.1, 0.15) is 11.9 Å². The van der Waals surface area contributed by atoms with E-state index in [-0.39, 0.29) is 35.3 Å². The van der Waals surface area contributed by atoms with Crippen molar-refractivity contribution in [3.8, 4) is 6.07 Å². The van der Waals surface area contributed by atoms with Crippen LogP contribution in [-0.4, -0.2) is 32.6 Å². The Kier molecular flexibility index (Phi) is 3.38. The number of anilines is 1. The monoisotopic (exact) mass is 390 g/mol. The molecule has 0 amide bonds. The van der Waals surface area contributed by atoms with E-state index in [9.17, 15) is 19.9 Å². The van der Waals surface area contributed by atoms with Crippen molar-refractivity contribution in [2.45, 2.75) is 30.6 Å². The first-order valence-electron chi connectivity index (χ1n) is 9.86. The van der Waals surface area contributed by atoms with Gasteiger partial charge in [0.15, 0.2) is 0 Å². The predicted molar refractivity (Wildman–Crippen MR) is 103 cm³/mol. The van der Waals surface area contributed by atoms with Crippen molar-refractivity contribution < 1.29 is 14.6 Å². The van der Waals surface area contributed by atoms with Gasteiger partial charge in [-0.15, -0.1) is 0 Å². The number of benzene rings is 2. The highest BCUT2D eigenvalue weighted by Crippen LogP contribution is 2.64. The molecule has 3 aromatic rings. The molecule has 1 aliphatic heterocycles. The highest BCUT2D eigenvalue weighted by atomic mass is 19.1. The Balaban J connectivity index is 1.56. The Hall–Kier alpha value is -2.95. The SMILES string of the molecule is N#Cc1cc([C@@H]2Nc3ccc4[nH]ncc4c3[C@H]3C4CC(C(O)C4O)[C@@H]23)ccc1F. The number of halogens is 1. The number of aromatic amines is 1. The zero-order chi connectivity index (χ0) is 19.9. The van der Waals surface area contributed by atoms with Gasteiger partial charge in [-0.3, -0.25) is 5.10 Å². The number of nitrogens with one attached hydrogen (secondary N) is 2. The van der Waals surface area contributed by atoms with Crippen LogP contribution in [0.3, 0.4) is 0 Å². The normalized spacial score (nSPS) is 34.5. The number of aromatic nitrogens is 2. The lowest BCUT2D eigenvalue weighted by Crippen LogP contribution is -2.46. The van der Waals surface area contributed by atoms with Crippen LogP contribution in [0.1, 0.15) is 35.1 Å². The standard InChI is InChI=1S/C22H19FN4O2/c23-14-2-1-9(5-10(14)7-24)20-19-12-6-11(21(28)22(12)29)18(19)17-13-8-25-27-15(13)3-4-16(17)26-20/h1-5,8,11-12,18-22,26,28-29H,6H2,(H,25,27)/t11?,12?,18-,19-,20+,21?,22?/m1/s1. The maximum absolute atomic E-state index is 13.9. The molecule has 146 valence electrons. The molecule has 4 unspecified atom stereocenters. The van der Waals surface area contributed by atoms with E-state index in [4.69, 9.17) is 0 Å². The summed E-state index contributed by atoms with van der Waals surface area (Å²) in [6, 6.07) is 10.3. The fourth-order valence-corrected chi connectivity index (χ4v) is 6.17. The molecule has 29 heavy (non-hydrogen) atoms. The summed E-state index contributed by atoms with van der Waals surface area (Å²) in [7, 11) is 0. The van der Waals surface area contributed by atoms with E-state index in [1.807, 2.05) is 24.4 Å². The molecule has 4 N–H and O–H groups in total. The molecule has 0 saturated heterocycles. The minimum Gasteiger partial charge on any atom is -0.390 e. The minimum absolute atomic E-state index is 0.0145. The first-order valence-corrected chi connectivity index (χ1v) is 9.86. The molecule has 7 heteroatoms. The molecule has 2 aliphatic carbocycles. The number of hydrogen-bond acceptors (Lipinski definition) is 5. The summed E-state index contributed by atoms with van der Waals surface area (Å²) in [5.74, 6) is -0.560. The van der Waals surface area contributed by atoms with Crippen LogP contribution in [0, 0.1) is 34.9 Å². The topological polar surface area (TPSA) is 105 Å². The first-order chi connectivity index (χ1) is 14.1. The molecule has 2 aromatic carbocycles. The molecule has 1 aromatic heterocycles. The number of H-pyrrole nitrogens is 1. The predicted octanol–water partition coefficient (Wildman–Crippen LogP) is 2.81. The van der Waals surface area contributed by atoms with Crippen molar-refractivity contribution in [3.05, 3.63) is 59.0 Å². The van der Waals surface area contributed by atoms with Gasteiger partial charge in [-0.25, -0.2) is 4.39 Å². The van der Waals surface area contributed by atoms with Gasteiger partial charge in [0.2, 0.25) is 0 Å². The van der Waals surface area contributed by atoms with Crippen molar-refractivity contribution in [2.75, 3.05) is 5.32 Å². The third kappa shape index (κ3) is 2.13. The highest BCUT2D eigenvalue weighted by Gasteiger charge is 2.61. The van der Waals surface area contributed by atoms with Crippen molar-refractivity contribution in [1.29, 1.82) is 5.26 Å². The molecular weight excluding hydrogens is 371 g/mol. The number of hydrogen-bond donors (Lipinski definition) is 4. The second-order valence-corrected chi connectivity index (χ2v) is 8.48. The molecular formula is C22H19FN4O2. The smallest absolute Gasteiger partial charge is 0.140 e. The molecule has 7 atom stereocenters. The molecule has 2 bridgehead atoms. The third-order valence-corrected chi connectivity index (χ3v) is 7.31. The quantitative estimate of drug-likeness (QED) is 0.511. The van der Waals surface area contributed by atoms with Gasteiger partial charge in [-0.2, -0.15) is 10.4 Å². The fraction of sp³-hybridized carbons (Fsp3) is 0.364. The maximum Gasteiger partial charge on any atom is 0.140 e. The lowest BCUT2D eigenvalue weighted by Gasteiger charge is -2.46. The fourth-order valence-electron chi connectivity index (χ4n) is 6.17. The van der Waals surface area contributed by atoms with E-state index in [1.54, 1.807) is 12.1 Å². The largest absolute Gasteiger partial charge is 0.390 e. The Bertz CT molecular complexity index is 1190. The molecule has 0 radical (unpaired) electrons. The van der Waals surface area contributed by atoms with Crippen LogP contribution >= 0.6 is 0 Å². The van der Waals surface area contributed by atoms with Crippen LogP contribution in [0.2, 0.25) is 0 Å². The van der Waals surface area contributed by atoms with E-state index >= 15 is 0 Å². The van der Waals surface area contributed by atoms with Crippen LogP contribution in [0.15, 0.2) is 36.5 Å². The van der Waals surface area contributed by atoms with Crippen LogP contribution in [0.5, 0.6) is 0 Å². The number of nitriles is 1. The molecule has 2 saturated carbocycles. The molecule has 2 fully saturated rings. The van der Waals surface area contributed by atoms with E-state index < -0.39 is 18.0 Å². The van der Waals surface area contributed by atoms with E-state index in [2.05, 4.69) is 15.5 Å². The van der Waals surface area contributed by atoms with Gasteiger partial charge in [0.05, 0.1) is 35.5 Å². The summed E-state index contributed by atoms with van der Waals surface area (Å²) in [6.45, 7) is 0. The van der Waals surface area contributed by atoms with Crippen LogP contribution < -0.4 is 5.32 Å². The number of fused-ring (bicyclic) bond motifs is 9. The van der Waals surface area contributed by atoms with E-state index in [1.165, 1.54) is 6.07 Å². The summed E-state index contributed by atoms with van der Waals surface area (Å²) < 4.78 is 13.9. The Morgan fingerprint density at radius 3 is 2.79 bits per heavy atom. The second kappa shape index (κ2) is 5.78. The lowest BCUT2D eigenvalue weighted by molar-refractivity contribution is -0.0465. The molecule has 3 aliphatic rings. The van der Waals surface area contributed by atoms with Crippen molar-refractivity contribution in [2.24, 2.45) is 17.8 Å². The summed E-state index contributed by atoms with van der Waals surface area (Å²) in [5.41, 5.74) is 3.86. The van der Waals surface area contributed by atoms with Gasteiger partial charge in [-0.05, 0) is 65.5 Å². The number of rotatable bonds is 1. The van der Waals surface area contributed by atoms with Gasteiger partial charge < -0.3 is 15.5 Å². The van der Waals surface area contributed by atoms with Gasteiger partial charge in [0, 0.05) is 11.1 Å². The van der Waals surface area contributed by atoms with Crippen molar-refractivity contribution in [1.82, 2.24) is 10.2 Å². The average Bonchev–Trinajstić information content (AvgIpc) is 3.43. The van der Waals surface area contributed by atoms with E-state index in [0.29, 0.717) is 0 Å². The average molecular weight is 390 g/mol. The summed E-state index contributed by atoms with van der Waals surface area (Å²) in [6.07, 6.45) is 1.04. The van der Waals surface area contributed by atoms with Gasteiger partial charge in [0.25, 0.3) is 0 Å². The molecule has 6 rings (SSSR count). The Labute approximate surface area is 166 Å². The lowest BCUT2D eigenvalue weighted by atomic mass is 9.66. The third-order valence-electron chi connectivity index (χ3n) is 7.31. The van der Waals surface area contributed by atoms with E-state index in [0.717, 1.165) is 34.1 Å². The zero-order valence-electron chi connectivity index (χ0n) is 15.4. The van der Waals surface area contributed by atoms with Crippen LogP contribution in [0.4, 0.5) is 10.1 Å². The number of nitrogens with zero attached hydrogens (tertiary/aromatic N) is 2. The van der Waals surface area contributed by atoms with Gasteiger partial charge >= 0.3 is 0 Å². The Morgan fingerprint density at radius 2 is 1.97 bits per heavy atom. The molecule has 6 nitrogen and oxygen atoms in total. The maximum atomic E-state index is 13.9. The zero-order valence-corrected chi connectivity index (χ0v) is 15.4. The second-order valence-electron chi connectivity index (χ2n) is 8.48. The Morgan fingerprint density at radius 1 is 1.14 bits per heavy atom. The highest BCUT2D eigenvalue weighted by molar-refractivity contribution is 5.88.